The van der Waals surface area contributed by atoms with Crippen molar-refractivity contribution in [2.45, 2.75) is 57.7 Å². The van der Waals surface area contributed by atoms with Gasteiger partial charge in [-0.25, -0.2) is 0 Å². The van der Waals surface area contributed by atoms with E-state index in [0.717, 1.165) is 12.2 Å². The molecular weight excluding hydrogens is 260 g/mol. The molecule has 4 heteroatoms. The highest BCUT2D eigenvalue weighted by Gasteiger charge is 2.16. The van der Waals surface area contributed by atoms with Crippen LogP contribution in [0.5, 0.6) is 0 Å². The Morgan fingerprint density at radius 2 is 1.95 bits per heavy atom. The number of hydrogen-bond donors (Lipinski definition) is 1. The van der Waals surface area contributed by atoms with Crippen LogP contribution in [0.15, 0.2) is 36.8 Å². The molecule has 4 nitrogen and oxygen atoms in total. The second kappa shape index (κ2) is 6.85. The van der Waals surface area contributed by atoms with Gasteiger partial charge in [0.1, 0.15) is 0 Å². The monoisotopic (exact) mass is 284 g/mol. The van der Waals surface area contributed by atoms with E-state index in [4.69, 9.17) is 5.10 Å². The molecule has 1 atom stereocenters. The zero-order chi connectivity index (χ0) is 14.5. The molecule has 3 rings (SSSR count). The Balaban J connectivity index is 1.55. The second-order valence-corrected chi connectivity index (χ2v) is 5.96. The highest BCUT2D eigenvalue weighted by Crippen LogP contribution is 2.27. The van der Waals surface area contributed by atoms with Gasteiger partial charge in [0.15, 0.2) is 0 Å². The van der Waals surface area contributed by atoms with E-state index in [0.29, 0.717) is 12.1 Å². The molecule has 2 aromatic rings. The summed E-state index contributed by atoms with van der Waals surface area (Å²) in [5.74, 6) is 0. The molecule has 1 aliphatic rings. The zero-order valence-corrected chi connectivity index (χ0v) is 12.7. The van der Waals surface area contributed by atoms with E-state index in [1.165, 1.54) is 37.7 Å². The molecule has 0 saturated heterocycles. The van der Waals surface area contributed by atoms with Crippen molar-refractivity contribution in [2.24, 2.45) is 0 Å². The van der Waals surface area contributed by atoms with E-state index in [9.17, 15) is 0 Å². The minimum atomic E-state index is 0.313. The van der Waals surface area contributed by atoms with Crippen LogP contribution >= 0.6 is 0 Å². The normalized spacial score (nSPS) is 17.8. The van der Waals surface area contributed by atoms with E-state index in [-0.39, 0.29) is 0 Å². The van der Waals surface area contributed by atoms with Gasteiger partial charge in [0.25, 0.3) is 0 Å². The SMILES string of the molecule is C[C@H](NCc1ccn(C2CCCCC2)n1)c1ccncc1. The van der Waals surface area contributed by atoms with E-state index >= 15 is 0 Å². The fraction of sp³-hybridized carbons (Fsp3) is 0.529. The molecule has 0 aromatic carbocycles. The largest absolute Gasteiger partial charge is 0.304 e. The van der Waals surface area contributed by atoms with Gasteiger partial charge in [0.05, 0.1) is 11.7 Å². The van der Waals surface area contributed by atoms with Crippen LogP contribution in [0, 0.1) is 0 Å². The summed E-state index contributed by atoms with van der Waals surface area (Å²) in [6.07, 6.45) is 12.5. The van der Waals surface area contributed by atoms with Crippen LogP contribution < -0.4 is 5.32 Å². The predicted molar refractivity (Wildman–Crippen MR) is 83.8 cm³/mol. The van der Waals surface area contributed by atoms with Gasteiger partial charge in [0.2, 0.25) is 0 Å². The molecule has 0 unspecified atom stereocenters. The second-order valence-electron chi connectivity index (χ2n) is 5.96. The van der Waals surface area contributed by atoms with E-state index in [2.05, 4.69) is 46.3 Å². The lowest BCUT2D eigenvalue weighted by Crippen LogP contribution is -2.19. The van der Waals surface area contributed by atoms with E-state index in [1.54, 1.807) is 0 Å². The molecule has 0 spiro atoms. The Morgan fingerprint density at radius 1 is 1.19 bits per heavy atom. The molecule has 1 aliphatic carbocycles. The average molecular weight is 284 g/mol. The minimum absolute atomic E-state index is 0.313. The quantitative estimate of drug-likeness (QED) is 0.911. The molecule has 21 heavy (non-hydrogen) atoms. The first-order chi connectivity index (χ1) is 10.3. The van der Waals surface area contributed by atoms with Crippen molar-refractivity contribution < 1.29 is 0 Å². The number of aromatic nitrogens is 3. The smallest absolute Gasteiger partial charge is 0.0762 e. The molecular formula is C17H24N4. The average Bonchev–Trinajstić information content (AvgIpc) is 3.03. The van der Waals surface area contributed by atoms with Gasteiger partial charge in [-0.3, -0.25) is 9.67 Å². The predicted octanol–water partition coefficient (Wildman–Crippen LogP) is 3.63. The topological polar surface area (TPSA) is 42.7 Å². The summed E-state index contributed by atoms with van der Waals surface area (Å²) in [4.78, 5) is 4.06. The molecule has 0 aliphatic heterocycles. The van der Waals surface area contributed by atoms with Crippen LogP contribution in [-0.4, -0.2) is 14.8 Å². The summed E-state index contributed by atoms with van der Waals surface area (Å²) in [5, 5.41) is 8.27. The van der Waals surface area contributed by atoms with Crippen LogP contribution in [0.25, 0.3) is 0 Å². The van der Waals surface area contributed by atoms with Crippen LogP contribution in [-0.2, 0) is 6.54 Å². The van der Waals surface area contributed by atoms with Gasteiger partial charge >= 0.3 is 0 Å². The third-order valence-corrected chi connectivity index (χ3v) is 4.41. The lowest BCUT2D eigenvalue weighted by atomic mass is 9.96. The van der Waals surface area contributed by atoms with Gasteiger partial charge in [-0.15, -0.1) is 0 Å². The van der Waals surface area contributed by atoms with Crippen LogP contribution in [0.1, 0.15) is 62.4 Å². The maximum absolute atomic E-state index is 4.74. The van der Waals surface area contributed by atoms with Crippen LogP contribution in [0.4, 0.5) is 0 Å². The van der Waals surface area contributed by atoms with Gasteiger partial charge < -0.3 is 5.32 Å². The zero-order valence-electron chi connectivity index (χ0n) is 12.7. The molecule has 112 valence electrons. The first-order valence-electron chi connectivity index (χ1n) is 8.00. The molecule has 1 saturated carbocycles. The van der Waals surface area contributed by atoms with Crippen molar-refractivity contribution in [1.82, 2.24) is 20.1 Å². The van der Waals surface area contributed by atoms with Crippen molar-refractivity contribution in [3.05, 3.63) is 48.0 Å². The van der Waals surface area contributed by atoms with Crippen LogP contribution in [0.2, 0.25) is 0 Å². The van der Waals surface area contributed by atoms with Crippen molar-refractivity contribution >= 4 is 0 Å². The molecule has 1 fully saturated rings. The van der Waals surface area contributed by atoms with Crippen LogP contribution in [0.3, 0.4) is 0 Å². The molecule has 2 heterocycles. The maximum atomic E-state index is 4.74. The molecule has 0 amide bonds. The Labute approximate surface area is 126 Å². The summed E-state index contributed by atoms with van der Waals surface area (Å²) >= 11 is 0. The first-order valence-corrected chi connectivity index (χ1v) is 8.00. The highest BCUT2D eigenvalue weighted by atomic mass is 15.3. The van der Waals surface area contributed by atoms with E-state index < -0.39 is 0 Å². The number of nitrogens with zero attached hydrogens (tertiary/aromatic N) is 3. The Hall–Kier alpha value is -1.68. The summed E-state index contributed by atoms with van der Waals surface area (Å²) in [6, 6.07) is 7.18. The number of pyridine rings is 1. The van der Waals surface area contributed by atoms with Gasteiger partial charge in [-0.1, -0.05) is 19.3 Å². The van der Waals surface area contributed by atoms with E-state index in [1.807, 2.05) is 12.4 Å². The van der Waals surface area contributed by atoms with Gasteiger partial charge in [0, 0.05) is 31.2 Å². The molecule has 0 bridgehead atoms. The molecule has 0 radical (unpaired) electrons. The molecule has 2 aromatic heterocycles. The van der Waals surface area contributed by atoms with Crippen molar-refractivity contribution in [1.29, 1.82) is 0 Å². The van der Waals surface area contributed by atoms with Crippen molar-refractivity contribution in [2.75, 3.05) is 0 Å². The minimum Gasteiger partial charge on any atom is -0.304 e. The fourth-order valence-electron chi connectivity index (χ4n) is 3.05. The molecule has 1 N–H and O–H groups in total. The summed E-state index contributed by atoms with van der Waals surface area (Å²) in [7, 11) is 0. The maximum Gasteiger partial charge on any atom is 0.0762 e. The van der Waals surface area contributed by atoms with Gasteiger partial charge in [-0.2, -0.15) is 5.10 Å². The van der Waals surface area contributed by atoms with Gasteiger partial charge in [-0.05, 0) is 43.5 Å². The first kappa shape index (κ1) is 14.3. The van der Waals surface area contributed by atoms with Crippen molar-refractivity contribution in [3.8, 4) is 0 Å². The third-order valence-electron chi connectivity index (χ3n) is 4.41. The summed E-state index contributed by atoms with van der Waals surface area (Å²) in [5.41, 5.74) is 2.39. The number of hydrogen-bond acceptors (Lipinski definition) is 3. The Bertz CT molecular complexity index is 543. The summed E-state index contributed by atoms with van der Waals surface area (Å²) in [6.45, 7) is 2.98. The Kier molecular flexibility index (Phi) is 4.65. The highest BCUT2D eigenvalue weighted by molar-refractivity contribution is 5.14. The number of nitrogens with one attached hydrogen (secondary N) is 1. The summed E-state index contributed by atoms with van der Waals surface area (Å²) < 4.78 is 2.17. The standard InChI is InChI=1S/C17H24N4/c1-14(15-7-10-18-11-8-15)19-13-16-9-12-21(20-16)17-5-3-2-4-6-17/h7-12,14,17,19H,2-6,13H2,1H3/t14-/m0/s1. The fourth-order valence-corrected chi connectivity index (χ4v) is 3.05. The Morgan fingerprint density at radius 3 is 2.71 bits per heavy atom. The lowest BCUT2D eigenvalue weighted by Gasteiger charge is -2.21. The number of rotatable bonds is 5. The third kappa shape index (κ3) is 3.70. The lowest BCUT2D eigenvalue weighted by molar-refractivity contribution is 0.327. The van der Waals surface area contributed by atoms with Crippen molar-refractivity contribution in [3.63, 3.8) is 0 Å².